The van der Waals surface area contributed by atoms with E-state index in [1.165, 1.54) is 17.7 Å². The molecule has 8 nitrogen and oxygen atoms in total. The van der Waals surface area contributed by atoms with Gasteiger partial charge in [0.05, 0.1) is 56.4 Å². The molecule has 1 aliphatic rings. The van der Waals surface area contributed by atoms with Gasteiger partial charge >= 0.3 is 5.97 Å². The van der Waals surface area contributed by atoms with Crippen molar-refractivity contribution in [2.24, 2.45) is 0 Å². The van der Waals surface area contributed by atoms with Gasteiger partial charge in [-0.2, -0.15) is 12.6 Å². The number of rotatable bonds is 15. The number of nitrogens with one attached hydrogen (secondary N) is 1. The molecule has 1 aliphatic carbocycles. The van der Waals surface area contributed by atoms with Gasteiger partial charge in [-0.05, 0) is 90.2 Å². The Morgan fingerprint density at radius 1 is 0.960 bits per heavy atom. The second-order valence-corrected chi connectivity index (χ2v) is 12.4. The molecule has 0 bridgehead atoms. The van der Waals surface area contributed by atoms with Crippen LogP contribution in [0.5, 0.6) is 0 Å². The molecule has 0 atom stereocenters. The summed E-state index contributed by atoms with van der Waals surface area (Å²) in [6, 6.07) is 21.6. The molecule has 11 heteroatoms. The maximum atomic E-state index is 13.7. The number of fused-ring (bicyclic) bond motifs is 2. The fraction of sp³-hybridized carbons (Fsp3) is 0.333. The minimum absolute atomic E-state index is 0.248. The molecule has 0 unspecified atom stereocenters. The zero-order valence-corrected chi connectivity index (χ0v) is 30.5. The van der Waals surface area contributed by atoms with Gasteiger partial charge < -0.3 is 28.2 Å². The predicted octanol–water partition coefficient (Wildman–Crippen LogP) is 8.67. The Bertz CT molecular complexity index is 1930. The summed E-state index contributed by atoms with van der Waals surface area (Å²) < 4.78 is 39.4. The van der Waals surface area contributed by atoms with E-state index in [9.17, 15) is 14.0 Å². The molecular formula is C39H43FN2O6S2. The van der Waals surface area contributed by atoms with Gasteiger partial charge in [0, 0.05) is 30.3 Å². The molecule has 0 spiro atoms. The highest BCUT2D eigenvalue weighted by atomic mass is 32.2. The number of nitrogens with zero attached hydrogens (tertiary/aromatic N) is 1. The van der Waals surface area contributed by atoms with Gasteiger partial charge in [0.1, 0.15) is 17.2 Å². The Morgan fingerprint density at radius 3 is 2.36 bits per heavy atom. The van der Waals surface area contributed by atoms with E-state index in [4.69, 9.17) is 18.6 Å². The summed E-state index contributed by atoms with van der Waals surface area (Å²) in [6.07, 6.45) is 5.91. The largest absolute Gasteiger partial charge is 0.462 e. The van der Waals surface area contributed by atoms with Crippen molar-refractivity contribution in [3.05, 3.63) is 101 Å². The maximum Gasteiger partial charge on any atom is 0.338 e. The molecule has 1 fully saturated rings. The zero-order valence-electron chi connectivity index (χ0n) is 28.8. The number of furan rings is 1. The first kappa shape index (κ1) is 37.2. The lowest BCUT2D eigenvalue weighted by Gasteiger charge is -2.24. The van der Waals surface area contributed by atoms with E-state index in [0.29, 0.717) is 73.5 Å². The minimum Gasteiger partial charge on any atom is -0.462 e. The molecule has 1 aromatic heterocycles. The van der Waals surface area contributed by atoms with Crippen molar-refractivity contribution in [1.29, 1.82) is 0 Å². The van der Waals surface area contributed by atoms with Gasteiger partial charge in [0.2, 0.25) is 0 Å². The summed E-state index contributed by atoms with van der Waals surface area (Å²) in [5, 5.41) is 5.30. The Balaban J connectivity index is 0.00000239. The van der Waals surface area contributed by atoms with Crippen molar-refractivity contribution in [2.75, 3.05) is 56.8 Å². The molecular weight excluding hydrogens is 676 g/mol. The Kier molecular flexibility index (Phi) is 13.2. The minimum atomic E-state index is -0.352. The zero-order chi connectivity index (χ0) is 35.6. The normalized spacial score (nSPS) is 12.4. The summed E-state index contributed by atoms with van der Waals surface area (Å²) >= 11 is 5.14. The van der Waals surface area contributed by atoms with Crippen LogP contribution in [0.25, 0.3) is 33.1 Å². The number of anilines is 1. The molecule has 0 saturated heterocycles. The average Bonchev–Trinajstić information content (AvgIpc) is 3.93. The second-order valence-electron chi connectivity index (χ2n) is 11.6. The third-order valence-corrected chi connectivity index (χ3v) is 9.30. The van der Waals surface area contributed by atoms with E-state index in [1.807, 2.05) is 42.7 Å². The van der Waals surface area contributed by atoms with Crippen LogP contribution in [0.3, 0.4) is 0 Å². The highest BCUT2D eigenvalue weighted by molar-refractivity contribution is 7.99. The summed E-state index contributed by atoms with van der Waals surface area (Å²) in [4.78, 5) is 25.5. The number of ether oxygens (including phenoxy) is 3. The van der Waals surface area contributed by atoms with Crippen LogP contribution in [0.4, 0.5) is 10.1 Å². The number of halogens is 1. The molecule has 0 aliphatic heterocycles. The lowest BCUT2D eigenvalue weighted by molar-refractivity contribution is 0.0440. The second kappa shape index (κ2) is 17.8. The Labute approximate surface area is 302 Å². The number of carbonyl (C=O) groups is 2. The highest BCUT2D eigenvalue weighted by Crippen LogP contribution is 2.48. The smallest absolute Gasteiger partial charge is 0.338 e. The monoisotopic (exact) mass is 718 g/mol. The first-order valence-corrected chi connectivity index (χ1v) is 18.7. The van der Waals surface area contributed by atoms with Crippen LogP contribution in [0.15, 0.2) is 77.2 Å². The highest BCUT2D eigenvalue weighted by Gasteiger charge is 2.31. The lowest BCUT2D eigenvalue weighted by Crippen LogP contribution is -2.22. The molecule has 6 rings (SSSR count). The molecule has 1 saturated carbocycles. The van der Waals surface area contributed by atoms with Crippen molar-refractivity contribution >= 4 is 63.9 Å². The Hall–Kier alpha value is -4.03. The van der Waals surface area contributed by atoms with Gasteiger partial charge in [0.15, 0.2) is 0 Å². The van der Waals surface area contributed by atoms with E-state index in [1.54, 1.807) is 50.4 Å². The number of carbonyl (C=O) groups excluding carboxylic acids is 2. The van der Waals surface area contributed by atoms with E-state index in [-0.39, 0.29) is 17.7 Å². The van der Waals surface area contributed by atoms with Crippen LogP contribution in [0.1, 0.15) is 57.5 Å². The van der Waals surface area contributed by atoms with Crippen LogP contribution >= 0.6 is 24.6 Å². The van der Waals surface area contributed by atoms with Gasteiger partial charge in [-0.3, -0.25) is 4.79 Å². The number of amides is 1. The average molecular weight is 719 g/mol. The standard InChI is InChI=1S/C38H39FN2O6S.CH4S/c1-4-46-38(43)30-16-13-26(28-7-5-6-8-29(28)30)23-45-20-19-44-18-17-41(48-3)33-22-34-32(21-31(33)24-9-10-24)35(37(42)40-2)36(47-34)25-11-14-27(39)15-12-25;1-2/h5-8,11-16,21-22,24H,4,9-10,17-20,23H2,1-3H3,(H,40,42);2H,1H3. The van der Waals surface area contributed by atoms with Gasteiger partial charge in [-0.1, -0.05) is 42.3 Å². The molecule has 1 heterocycles. The van der Waals surface area contributed by atoms with Crippen LogP contribution in [0, 0.1) is 5.82 Å². The van der Waals surface area contributed by atoms with Crippen LogP contribution in [0.2, 0.25) is 0 Å². The molecule has 5 aromatic rings. The number of thiol groups is 1. The van der Waals surface area contributed by atoms with Crippen molar-refractivity contribution in [2.45, 2.75) is 32.3 Å². The first-order chi connectivity index (χ1) is 24.4. The number of benzene rings is 4. The lowest BCUT2D eigenvalue weighted by atomic mass is 10.00. The predicted molar refractivity (Wildman–Crippen MR) is 203 cm³/mol. The topological polar surface area (TPSA) is 90.2 Å². The molecule has 1 N–H and O–H groups in total. The van der Waals surface area contributed by atoms with Crippen molar-refractivity contribution in [3.63, 3.8) is 0 Å². The summed E-state index contributed by atoms with van der Waals surface area (Å²) in [5.74, 6) is -0.0927. The number of esters is 1. The third kappa shape index (κ3) is 8.46. The van der Waals surface area contributed by atoms with Gasteiger partial charge in [0.25, 0.3) is 5.91 Å². The number of hydrogen-bond donors (Lipinski definition) is 2. The third-order valence-electron chi connectivity index (χ3n) is 8.48. The van der Waals surface area contributed by atoms with Crippen LogP contribution < -0.4 is 9.62 Å². The molecule has 0 radical (unpaired) electrons. The molecule has 1 amide bonds. The van der Waals surface area contributed by atoms with Gasteiger partial charge in [-0.15, -0.1) is 0 Å². The van der Waals surface area contributed by atoms with Crippen molar-refractivity contribution in [1.82, 2.24) is 5.32 Å². The first-order valence-electron chi connectivity index (χ1n) is 16.6. The SMILES string of the molecule is CCOC(=O)c1ccc(COCCOCCN(SC)c2cc3oc(-c4ccc(F)cc4)c(C(=O)NC)c3cc2C2CC2)c2ccccc12.CS. The van der Waals surface area contributed by atoms with Crippen LogP contribution in [-0.4, -0.2) is 64.4 Å². The van der Waals surface area contributed by atoms with E-state index >= 15 is 0 Å². The van der Waals surface area contributed by atoms with E-state index < -0.39 is 0 Å². The molecule has 264 valence electrons. The summed E-state index contributed by atoms with van der Waals surface area (Å²) in [7, 11) is 1.60. The fourth-order valence-electron chi connectivity index (χ4n) is 5.97. The van der Waals surface area contributed by atoms with Gasteiger partial charge in [-0.25, -0.2) is 9.18 Å². The van der Waals surface area contributed by atoms with Crippen molar-refractivity contribution < 1.29 is 32.6 Å². The summed E-state index contributed by atoms with van der Waals surface area (Å²) in [5.41, 5.74) is 5.46. The summed E-state index contributed by atoms with van der Waals surface area (Å²) in [6.45, 7) is 4.51. The van der Waals surface area contributed by atoms with E-state index in [0.717, 1.165) is 40.3 Å². The van der Waals surface area contributed by atoms with E-state index in [2.05, 4.69) is 28.3 Å². The maximum absolute atomic E-state index is 13.7. The van der Waals surface area contributed by atoms with Crippen LogP contribution in [-0.2, 0) is 20.8 Å². The van der Waals surface area contributed by atoms with Crippen molar-refractivity contribution in [3.8, 4) is 11.3 Å². The number of hydrogen-bond acceptors (Lipinski definition) is 9. The molecule has 50 heavy (non-hydrogen) atoms. The fourth-order valence-corrected chi connectivity index (χ4v) is 6.59. The Morgan fingerprint density at radius 2 is 1.68 bits per heavy atom. The quantitative estimate of drug-likeness (QED) is 0.0481. The molecule has 4 aromatic carbocycles.